The molecule has 16 heavy (non-hydrogen) atoms. The third-order valence-electron chi connectivity index (χ3n) is 3.66. The molecule has 1 aromatic carbocycles. The van der Waals surface area contributed by atoms with Crippen LogP contribution in [-0.2, 0) is 0 Å². The van der Waals surface area contributed by atoms with E-state index in [9.17, 15) is 0 Å². The van der Waals surface area contributed by atoms with E-state index in [-0.39, 0.29) is 0 Å². The van der Waals surface area contributed by atoms with Crippen LogP contribution in [-0.4, -0.2) is 5.88 Å². The van der Waals surface area contributed by atoms with E-state index in [0.717, 1.165) is 16.3 Å². The van der Waals surface area contributed by atoms with Crippen molar-refractivity contribution in [2.45, 2.75) is 38.0 Å². The predicted molar refractivity (Wildman–Crippen MR) is 74.2 cm³/mol. The third kappa shape index (κ3) is 3.01. The molecule has 1 atom stereocenters. The maximum Gasteiger partial charge on any atom is 0.0294 e. The van der Waals surface area contributed by atoms with Gasteiger partial charge in [0.1, 0.15) is 0 Å². The topological polar surface area (TPSA) is 0 Å². The van der Waals surface area contributed by atoms with Gasteiger partial charge in [-0.3, -0.25) is 0 Å². The van der Waals surface area contributed by atoms with Crippen LogP contribution in [0.3, 0.4) is 0 Å². The fourth-order valence-electron chi connectivity index (χ4n) is 2.76. The van der Waals surface area contributed by atoms with Gasteiger partial charge in [0.25, 0.3) is 0 Å². The van der Waals surface area contributed by atoms with Gasteiger partial charge in [-0.1, -0.05) is 47.3 Å². The largest absolute Gasteiger partial charge is 0.126 e. The summed E-state index contributed by atoms with van der Waals surface area (Å²) in [6.45, 7) is 0. The molecule has 1 aromatic rings. The Morgan fingerprint density at radius 2 is 2.00 bits per heavy atom. The number of hydrogen-bond donors (Lipinski definition) is 0. The fourth-order valence-corrected chi connectivity index (χ4v) is 3.61. The van der Waals surface area contributed by atoms with Gasteiger partial charge in [0.2, 0.25) is 0 Å². The molecule has 0 aromatic heterocycles. The van der Waals surface area contributed by atoms with Gasteiger partial charge in [-0.15, -0.1) is 11.6 Å². The normalized spacial score (nSPS) is 19.6. The Bertz CT molecular complexity index is 331. The fraction of sp³-hybridized carbons (Fsp3) is 0.571. The molecule has 0 heterocycles. The van der Waals surface area contributed by atoms with Crippen LogP contribution in [0.4, 0.5) is 0 Å². The summed E-state index contributed by atoms with van der Waals surface area (Å²) in [6, 6.07) is 8.63. The molecule has 0 aliphatic heterocycles. The van der Waals surface area contributed by atoms with E-state index >= 15 is 0 Å². The zero-order valence-electron chi connectivity index (χ0n) is 9.46. The van der Waals surface area contributed by atoms with Crippen molar-refractivity contribution >= 4 is 27.5 Å². The average Bonchev–Trinajstić information content (AvgIpc) is 2.31. The van der Waals surface area contributed by atoms with Crippen LogP contribution >= 0.6 is 27.5 Å². The van der Waals surface area contributed by atoms with Crippen molar-refractivity contribution in [2.24, 2.45) is 5.92 Å². The molecule has 1 aliphatic carbocycles. The second-order valence-corrected chi connectivity index (χ2v) is 5.94. The Labute approximate surface area is 112 Å². The summed E-state index contributed by atoms with van der Waals surface area (Å²) in [6.07, 6.45) is 6.87. The summed E-state index contributed by atoms with van der Waals surface area (Å²) in [4.78, 5) is 0. The van der Waals surface area contributed by atoms with Crippen LogP contribution in [0.5, 0.6) is 0 Å². The average molecular weight is 302 g/mol. The Hall–Kier alpha value is -0.0100. The SMILES string of the molecule is ClCC(c1cccc(Br)c1)C1CCCCC1. The second kappa shape index (κ2) is 6.07. The molecule has 0 spiro atoms. The molecule has 1 unspecified atom stereocenters. The zero-order chi connectivity index (χ0) is 11.4. The molecule has 0 amide bonds. The summed E-state index contributed by atoms with van der Waals surface area (Å²) in [7, 11) is 0. The van der Waals surface area contributed by atoms with Crippen LogP contribution in [0, 0.1) is 5.92 Å². The van der Waals surface area contributed by atoms with Gasteiger partial charge in [-0.2, -0.15) is 0 Å². The lowest BCUT2D eigenvalue weighted by Crippen LogP contribution is -2.17. The van der Waals surface area contributed by atoms with Crippen LogP contribution in [0.15, 0.2) is 28.7 Å². The molecular formula is C14H18BrCl. The Morgan fingerprint density at radius 1 is 1.25 bits per heavy atom. The molecule has 0 radical (unpaired) electrons. The van der Waals surface area contributed by atoms with E-state index in [0.29, 0.717) is 5.92 Å². The smallest absolute Gasteiger partial charge is 0.0294 e. The Morgan fingerprint density at radius 3 is 2.62 bits per heavy atom. The van der Waals surface area contributed by atoms with Crippen LogP contribution < -0.4 is 0 Å². The van der Waals surface area contributed by atoms with Crippen molar-refractivity contribution in [1.82, 2.24) is 0 Å². The zero-order valence-corrected chi connectivity index (χ0v) is 11.8. The molecular weight excluding hydrogens is 284 g/mol. The predicted octanol–water partition coefficient (Wildman–Crippen LogP) is 5.35. The van der Waals surface area contributed by atoms with Gasteiger partial charge in [-0.25, -0.2) is 0 Å². The molecule has 0 N–H and O–H groups in total. The maximum atomic E-state index is 6.17. The number of rotatable bonds is 3. The summed E-state index contributed by atoms with van der Waals surface area (Å²) in [5.74, 6) is 2.08. The van der Waals surface area contributed by atoms with Crippen LogP contribution in [0.1, 0.15) is 43.6 Å². The van der Waals surface area contributed by atoms with Crippen LogP contribution in [0.25, 0.3) is 0 Å². The minimum atomic E-state index is 0.541. The first-order chi connectivity index (χ1) is 7.81. The van der Waals surface area contributed by atoms with E-state index in [1.807, 2.05) is 0 Å². The standard InChI is InChI=1S/C14H18BrCl/c15-13-8-4-7-12(9-13)14(10-16)11-5-2-1-3-6-11/h4,7-9,11,14H,1-3,5-6,10H2. The van der Waals surface area contributed by atoms with Gasteiger partial charge in [0, 0.05) is 16.3 Å². The molecule has 0 bridgehead atoms. The van der Waals surface area contributed by atoms with Gasteiger partial charge in [0.05, 0.1) is 0 Å². The summed E-state index contributed by atoms with van der Waals surface area (Å²) >= 11 is 9.71. The monoisotopic (exact) mass is 300 g/mol. The first-order valence-corrected chi connectivity index (χ1v) is 7.45. The van der Waals surface area contributed by atoms with E-state index in [1.165, 1.54) is 37.7 Å². The highest BCUT2D eigenvalue weighted by Gasteiger charge is 2.24. The Balaban J connectivity index is 2.14. The number of halogens is 2. The van der Waals surface area contributed by atoms with E-state index < -0.39 is 0 Å². The van der Waals surface area contributed by atoms with Crippen molar-refractivity contribution in [2.75, 3.05) is 5.88 Å². The van der Waals surface area contributed by atoms with Gasteiger partial charge < -0.3 is 0 Å². The van der Waals surface area contributed by atoms with E-state index in [2.05, 4.69) is 40.2 Å². The highest BCUT2D eigenvalue weighted by atomic mass is 79.9. The molecule has 1 saturated carbocycles. The summed E-state index contributed by atoms with van der Waals surface area (Å²) in [5, 5.41) is 0. The van der Waals surface area contributed by atoms with Gasteiger partial charge in [-0.05, 0) is 36.5 Å². The molecule has 2 heteroatoms. The first-order valence-electron chi connectivity index (χ1n) is 6.12. The lowest BCUT2D eigenvalue weighted by molar-refractivity contribution is 0.318. The quantitative estimate of drug-likeness (QED) is 0.660. The van der Waals surface area contributed by atoms with E-state index in [1.54, 1.807) is 0 Å². The van der Waals surface area contributed by atoms with Crippen molar-refractivity contribution in [1.29, 1.82) is 0 Å². The molecule has 88 valence electrons. The van der Waals surface area contributed by atoms with Crippen molar-refractivity contribution in [3.05, 3.63) is 34.3 Å². The third-order valence-corrected chi connectivity index (χ3v) is 4.49. The number of alkyl halides is 1. The van der Waals surface area contributed by atoms with E-state index in [4.69, 9.17) is 11.6 Å². The van der Waals surface area contributed by atoms with Crippen molar-refractivity contribution in [3.63, 3.8) is 0 Å². The minimum Gasteiger partial charge on any atom is -0.126 e. The maximum absolute atomic E-state index is 6.17. The summed E-state index contributed by atoms with van der Waals surface area (Å²) in [5.41, 5.74) is 1.40. The molecule has 0 saturated heterocycles. The lowest BCUT2D eigenvalue weighted by Gasteiger charge is -2.29. The van der Waals surface area contributed by atoms with Gasteiger partial charge >= 0.3 is 0 Å². The number of benzene rings is 1. The van der Waals surface area contributed by atoms with Crippen molar-refractivity contribution in [3.8, 4) is 0 Å². The number of hydrogen-bond acceptors (Lipinski definition) is 0. The molecule has 1 aliphatic rings. The Kier molecular flexibility index (Phi) is 4.72. The van der Waals surface area contributed by atoms with Crippen LogP contribution in [0.2, 0.25) is 0 Å². The van der Waals surface area contributed by atoms with Crippen molar-refractivity contribution < 1.29 is 0 Å². The lowest BCUT2D eigenvalue weighted by atomic mass is 9.78. The highest BCUT2D eigenvalue weighted by Crippen LogP contribution is 2.37. The minimum absolute atomic E-state index is 0.541. The molecule has 2 rings (SSSR count). The highest BCUT2D eigenvalue weighted by molar-refractivity contribution is 9.10. The summed E-state index contributed by atoms with van der Waals surface area (Å²) < 4.78 is 1.16. The molecule has 0 nitrogen and oxygen atoms in total. The molecule has 1 fully saturated rings. The second-order valence-electron chi connectivity index (χ2n) is 4.71. The first kappa shape index (κ1) is 12.4. The van der Waals surface area contributed by atoms with Gasteiger partial charge in [0.15, 0.2) is 0 Å².